The van der Waals surface area contributed by atoms with Crippen LogP contribution in [0.5, 0.6) is 11.5 Å². The molecule has 140 valence electrons. The molecule has 1 atom stereocenters. The van der Waals surface area contributed by atoms with Crippen molar-refractivity contribution in [2.75, 3.05) is 17.7 Å². The molecule has 0 fully saturated rings. The van der Waals surface area contributed by atoms with E-state index in [1.807, 2.05) is 19.1 Å². The predicted molar refractivity (Wildman–Crippen MR) is 92.6 cm³/mol. The van der Waals surface area contributed by atoms with Gasteiger partial charge in [0.1, 0.15) is 17.5 Å². The van der Waals surface area contributed by atoms with E-state index in [0.29, 0.717) is 17.1 Å². The fourth-order valence-corrected chi connectivity index (χ4v) is 2.22. The van der Waals surface area contributed by atoms with Crippen LogP contribution in [0.2, 0.25) is 0 Å². The van der Waals surface area contributed by atoms with E-state index in [1.54, 1.807) is 13.0 Å². The van der Waals surface area contributed by atoms with Crippen LogP contribution in [0.1, 0.15) is 12.5 Å². The molecule has 0 radical (unpaired) electrons. The molecule has 2 rings (SSSR count). The van der Waals surface area contributed by atoms with E-state index in [1.165, 1.54) is 19.2 Å². The van der Waals surface area contributed by atoms with E-state index in [2.05, 4.69) is 15.4 Å². The molecule has 2 aromatic carbocycles. The van der Waals surface area contributed by atoms with Crippen molar-refractivity contribution in [3.63, 3.8) is 0 Å². The molecule has 1 amide bonds. The second-order valence-corrected chi connectivity index (χ2v) is 5.63. The number of hydrogen-bond acceptors (Lipinski definition) is 4. The van der Waals surface area contributed by atoms with Crippen LogP contribution in [0.15, 0.2) is 42.5 Å². The fourth-order valence-electron chi connectivity index (χ4n) is 2.22. The first-order valence-electron chi connectivity index (χ1n) is 7.76. The summed E-state index contributed by atoms with van der Waals surface area (Å²) in [7, 11) is 1.53. The zero-order chi connectivity index (χ0) is 19.3. The minimum atomic E-state index is -4.75. The molecule has 8 heteroatoms. The van der Waals surface area contributed by atoms with Gasteiger partial charge in [-0.3, -0.25) is 4.79 Å². The summed E-state index contributed by atoms with van der Waals surface area (Å²) < 4.78 is 45.5. The quantitative estimate of drug-likeness (QED) is 0.796. The minimum Gasteiger partial charge on any atom is -0.495 e. The SMILES string of the molecule is COc1ccc(C)cc1N[C@H](C)C(=O)Nc1ccc(OC(F)(F)F)cc1. The lowest BCUT2D eigenvalue weighted by Gasteiger charge is -2.18. The maximum absolute atomic E-state index is 12.3. The summed E-state index contributed by atoms with van der Waals surface area (Å²) in [5.41, 5.74) is 2.03. The molecule has 0 aliphatic carbocycles. The molecule has 0 bridgehead atoms. The Hall–Kier alpha value is -2.90. The van der Waals surface area contributed by atoms with Crippen molar-refractivity contribution < 1.29 is 27.4 Å². The van der Waals surface area contributed by atoms with Gasteiger partial charge in [0.15, 0.2) is 0 Å². The fraction of sp³-hybridized carbons (Fsp3) is 0.278. The first kappa shape index (κ1) is 19.4. The minimum absolute atomic E-state index is 0.349. The van der Waals surface area contributed by atoms with E-state index < -0.39 is 12.4 Å². The Morgan fingerprint density at radius 1 is 1.12 bits per heavy atom. The zero-order valence-electron chi connectivity index (χ0n) is 14.5. The number of methoxy groups -OCH3 is 1. The highest BCUT2D eigenvalue weighted by Crippen LogP contribution is 2.26. The highest BCUT2D eigenvalue weighted by Gasteiger charge is 2.31. The van der Waals surface area contributed by atoms with Crippen LogP contribution in [-0.4, -0.2) is 25.4 Å². The van der Waals surface area contributed by atoms with Crippen LogP contribution in [-0.2, 0) is 4.79 Å². The van der Waals surface area contributed by atoms with Crippen molar-refractivity contribution >= 4 is 17.3 Å². The maximum atomic E-state index is 12.3. The third kappa shape index (κ3) is 5.58. The number of nitrogens with one attached hydrogen (secondary N) is 2. The second-order valence-electron chi connectivity index (χ2n) is 5.63. The Morgan fingerprint density at radius 2 is 1.77 bits per heavy atom. The molecule has 0 aliphatic rings. The molecule has 0 heterocycles. The standard InChI is InChI=1S/C18H19F3N2O3/c1-11-4-9-16(25-3)15(10-11)22-12(2)17(24)23-13-5-7-14(8-6-13)26-18(19,20)21/h4-10,12,22H,1-3H3,(H,23,24)/t12-/m1/s1. The Labute approximate surface area is 149 Å². The molecule has 26 heavy (non-hydrogen) atoms. The smallest absolute Gasteiger partial charge is 0.495 e. The van der Waals surface area contributed by atoms with Gasteiger partial charge in [0.05, 0.1) is 12.8 Å². The molecule has 0 unspecified atom stereocenters. The van der Waals surface area contributed by atoms with E-state index in [-0.39, 0.29) is 11.7 Å². The van der Waals surface area contributed by atoms with Crippen molar-refractivity contribution in [2.45, 2.75) is 26.3 Å². The highest BCUT2D eigenvalue weighted by atomic mass is 19.4. The molecular formula is C18H19F3N2O3. The van der Waals surface area contributed by atoms with Gasteiger partial charge in [0.25, 0.3) is 0 Å². The van der Waals surface area contributed by atoms with E-state index in [4.69, 9.17) is 4.74 Å². The van der Waals surface area contributed by atoms with E-state index >= 15 is 0 Å². The predicted octanol–water partition coefficient (Wildman–Crippen LogP) is 4.34. The number of halogens is 3. The first-order chi connectivity index (χ1) is 12.2. The summed E-state index contributed by atoms with van der Waals surface area (Å²) >= 11 is 0. The molecular weight excluding hydrogens is 349 g/mol. The van der Waals surface area contributed by atoms with Crippen LogP contribution in [0.3, 0.4) is 0 Å². The first-order valence-corrected chi connectivity index (χ1v) is 7.76. The lowest BCUT2D eigenvalue weighted by molar-refractivity contribution is -0.274. The summed E-state index contributed by atoms with van der Waals surface area (Å²) in [6, 6.07) is 9.86. The number of hydrogen-bond donors (Lipinski definition) is 2. The summed E-state index contributed by atoms with van der Waals surface area (Å²) in [5.74, 6) is -0.104. The number of aryl methyl sites for hydroxylation is 1. The van der Waals surface area contributed by atoms with Gasteiger partial charge in [-0.15, -0.1) is 13.2 Å². The number of rotatable bonds is 6. The van der Waals surface area contributed by atoms with Crippen molar-refractivity contribution in [2.24, 2.45) is 0 Å². The number of alkyl halides is 3. The molecule has 0 aromatic heterocycles. The average molecular weight is 368 g/mol. The van der Waals surface area contributed by atoms with Crippen LogP contribution >= 0.6 is 0 Å². The van der Waals surface area contributed by atoms with Gasteiger partial charge in [-0.1, -0.05) is 6.07 Å². The number of carbonyl (C=O) groups excluding carboxylic acids is 1. The van der Waals surface area contributed by atoms with Gasteiger partial charge in [0, 0.05) is 5.69 Å². The van der Waals surface area contributed by atoms with Crippen LogP contribution in [0, 0.1) is 6.92 Å². The van der Waals surface area contributed by atoms with Crippen molar-refractivity contribution in [1.82, 2.24) is 0 Å². The largest absolute Gasteiger partial charge is 0.573 e. The Bertz CT molecular complexity index is 761. The highest BCUT2D eigenvalue weighted by molar-refractivity contribution is 5.96. The molecule has 0 saturated heterocycles. The lowest BCUT2D eigenvalue weighted by Crippen LogP contribution is -2.32. The van der Waals surface area contributed by atoms with Gasteiger partial charge in [0.2, 0.25) is 5.91 Å². The Morgan fingerprint density at radius 3 is 2.35 bits per heavy atom. The molecule has 5 nitrogen and oxygen atoms in total. The van der Waals surface area contributed by atoms with Gasteiger partial charge in [-0.25, -0.2) is 0 Å². The summed E-state index contributed by atoms with van der Waals surface area (Å²) in [6.45, 7) is 3.58. The van der Waals surface area contributed by atoms with E-state index in [9.17, 15) is 18.0 Å². The third-order valence-electron chi connectivity index (χ3n) is 3.48. The molecule has 2 N–H and O–H groups in total. The average Bonchev–Trinajstić information content (AvgIpc) is 2.55. The number of amides is 1. The topological polar surface area (TPSA) is 59.6 Å². The van der Waals surface area contributed by atoms with Crippen molar-refractivity contribution in [1.29, 1.82) is 0 Å². The molecule has 0 aliphatic heterocycles. The molecule has 0 saturated carbocycles. The van der Waals surface area contributed by atoms with Crippen molar-refractivity contribution in [3.05, 3.63) is 48.0 Å². The third-order valence-corrected chi connectivity index (χ3v) is 3.48. The summed E-state index contributed by atoms with van der Waals surface area (Å²) in [5, 5.41) is 5.68. The Balaban J connectivity index is 2.00. The normalized spacial score (nSPS) is 12.2. The van der Waals surface area contributed by atoms with Gasteiger partial charge in [-0.05, 0) is 55.8 Å². The van der Waals surface area contributed by atoms with E-state index in [0.717, 1.165) is 17.7 Å². The molecule has 2 aromatic rings. The monoisotopic (exact) mass is 368 g/mol. The van der Waals surface area contributed by atoms with Crippen LogP contribution in [0.25, 0.3) is 0 Å². The summed E-state index contributed by atoms with van der Waals surface area (Å²) in [4.78, 5) is 12.3. The summed E-state index contributed by atoms with van der Waals surface area (Å²) in [6.07, 6.45) is -4.75. The lowest BCUT2D eigenvalue weighted by atomic mass is 10.2. The number of benzene rings is 2. The van der Waals surface area contributed by atoms with Gasteiger partial charge in [-0.2, -0.15) is 0 Å². The van der Waals surface area contributed by atoms with Gasteiger partial charge < -0.3 is 20.1 Å². The maximum Gasteiger partial charge on any atom is 0.573 e. The van der Waals surface area contributed by atoms with Gasteiger partial charge >= 0.3 is 6.36 Å². The molecule has 0 spiro atoms. The van der Waals surface area contributed by atoms with Crippen molar-refractivity contribution in [3.8, 4) is 11.5 Å². The zero-order valence-corrected chi connectivity index (χ0v) is 14.5. The van der Waals surface area contributed by atoms with Crippen LogP contribution < -0.4 is 20.1 Å². The number of anilines is 2. The Kier molecular flexibility index (Phi) is 5.97. The number of carbonyl (C=O) groups is 1. The van der Waals surface area contributed by atoms with Crippen LogP contribution in [0.4, 0.5) is 24.5 Å². The number of ether oxygens (including phenoxy) is 2. The second kappa shape index (κ2) is 7.99.